The van der Waals surface area contributed by atoms with E-state index in [-0.39, 0.29) is 17.1 Å². The van der Waals surface area contributed by atoms with Gasteiger partial charge in [0.05, 0.1) is 11.3 Å². The first-order valence-electron chi connectivity index (χ1n) is 9.98. The minimum absolute atomic E-state index is 0.0765. The fourth-order valence-electron chi connectivity index (χ4n) is 4.13. The van der Waals surface area contributed by atoms with Crippen LogP contribution in [0, 0.1) is 11.6 Å². The zero-order chi connectivity index (χ0) is 21.8. The summed E-state index contributed by atoms with van der Waals surface area (Å²) in [4.78, 5) is 13.2. The molecule has 0 atom stereocenters. The van der Waals surface area contributed by atoms with Gasteiger partial charge in [0.2, 0.25) is 0 Å². The van der Waals surface area contributed by atoms with Gasteiger partial charge in [-0.15, -0.1) is 11.8 Å². The van der Waals surface area contributed by atoms with E-state index in [1.807, 2.05) is 24.3 Å². The lowest BCUT2D eigenvalue weighted by atomic mass is 10.1. The molecular weight excluding hydrogens is 406 g/mol. The molecule has 0 N–H and O–H groups in total. The van der Waals surface area contributed by atoms with Crippen LogP contribution in [0.3, 0.4) is 0 Å². The van der Waals surface area contributed by atoms with Gasteiger partial charge in [-0.25, -0.2) is 8.78 Å². The van der Waals surface area contributed by atoms with Gasteiger partial charge in [0, 0.05) is 11.0 Å². The summed E-state index contributed by atoms with van der Waals surface area (Å²) < 4.78 is 33.6. The third-order valence-electron chi connectivity index (χ3n) is 5.41. The maximum atomic E-state index is 13.8. The van der Waals surface area contributed by atoms with Crippen molar-refractivity contribution >= 4 is 25.9 Å². The highest BCUT2D eigenvalue weighted by atomic mass is 32.2. The molecule has 0 unspecified atom stereocenters. The van der Waals surface area contributed by atoms with E-state index in [0.29, 0.717) is 16.6 Å². The number of thioether (sulfide) groups is 1. The first-order valence-corrected chi connectivity index (χ1v) is 13.1. The van der Waals surface area contributed by atoms with Crippen molar-refractivity contribution in [2.75, 3.05) is 5.75 Å². The Morgan fingerprint density at radius 1 is 0.966 bits per heavy atom. The number of carbonyl (C=O) groups excluding carboxylic acids is 1. The Hall–Kier alpha value is -1.66. The third kappa shape index (κ3) is 5.48. The minimum atomic E-state index is -2.06. The molecule has 0 aliphatic rings. The van der Waals surface area contributed by atoms with E-state index in [9.17, 15) is 13.6 Å². The first kappa shape index (κ1) is 23.6. The summed E-state index contributed by atoms with van der Waals surface area (Å²) in [6, 6.07) is 10.8. The Morgan fingerprint density at radius 2 is 1.59 bits per heavy atom. The lowest BCUT2D eigenvalue weighted by molar-refractivity contribution is 0.101. The number of rotatable bonds is 9. The number of Topliss-reactive ketones (excluding diaryl/α,β-unsaturated/α-hetero) is 1. The highest BCUT2D eigenvalue weighted by Gasteiger charge is 2.46. The Balaban J connectivity index is 2.15. The summed E-state index contributed by atoms with van der Waals surface area (Å²) >= 11 is 1.33. The van der Waals surface area contributed by atoms with Gasteiger partial charge in [-0.2, -0.15) is 0 Å². The molecule has 0 aliphatic heterocycles. The predicted octanol–water partition coefficient (Wildman–Crippen LogP) is 7.49. The van der Waals surface area contributed by atoms with Crippen molar-refractivity contribution in [3.05, 3.63) is 59.7 Å². The summed E-state index contributed by atoms with van der Waals surface area (Å²) in [5.41, 5.74) is 1.29. The van der Waals surface area contributed by atoms with Crippen LogP contribution in [-0.4, -0.2) is 19.9 Å². The summed E-state index contributed by atoms with van der Waals surface area (Å²) in [7, 11) is -2.06. The first-order chi connectivity index (χ1) is 13.6. The third-order valence-corrected chi connectivity index (χ3v) is 12.4. The van der Waals surface area contributed by atoms with Gasteiger partial charge in [-0.05, 0) is 47.0 Å². The smallest absolute Gasteiger partial charge is 0.258 e. The summed E-state index contributed by atoms with van der Waals surface area (Å²) in [5.74, 6) is -0.987. The minimum Gasteiger partial charge on any atom is -0.543 e. The van der Waals surface area contributed by atoms with Crippen LogP contribution in [0.1, 0.15) is 51.9 Å². The van der Waals surface area contributed by atoms with Crippen LogP contribution in [0.15, 0.2) is 47.4 Å². The quantitative estimate of drug-likeness (QED) is 0.231. The molecule has 0 bridgehead atoms. The molecule has 0 amide bonds. The standard InChI is InChI=1S/C23H30F2O2SSi/c1-15(2)29(16(3)4,17(5)6)27-19-8-7-9-20(13-19)28-14-23(26)21-11-10-18(24)12-22(21)25/h7-13,15-17H,14H2,1-6H3. The van der Waals surface area contributed by atoms with Crippen molar-refractivity contribution in [2.45, 2.75) is 63.1 Å². The zero-order valence-electron chi connectivity index (χ0n) is 18.0. The van der Waals surface area contributed by atoms with Gasteiger partial charge in [0.1, 0.15) is 17.4 Å². The highest BCUT2D eigenvalue weighted by Crippen LogP contribution is 2.43. The van der Waals surface area contributed by atoms with Gasteiger partial charge < -0.3 is 4.43 Å². The topological polar surface area (TPSA) is 26.3 Å². The average Bonchev–Trinajstić information content (AvgIpc) is 2.63. The van der Waals surface area contributed by atoms with E-state index in [2.05, 4.69) is 41.5 Å². The van der Waals surface area contributed by atoms with Crippen molar-refractivity contribution in [1.82, 2.24) is 0 Å². The van der Waals surface area contributed by atoms with E-state index in [1.54, 1.807) is 0 Å². The molecule has 29 heavy (non-hydrogen) atoms. The van der Waals surface area contributed by atoms with Crippen LogP contribution in [0.5, 0.6) is 5.75 Å². The number of carbonyl (C=O) groups is 1. The largest absolute Gasteiger partial charge is 0.543 e. The van der Waals surface area contributed by atoms with Crippen LogP contribution in [0.25, 0.3) is 0 Å². The van der Waals surface area contributed by atoms with E-state index < -0.39 is 20.0 Å². The molecule has 0 heterocycles. The van der Waals surface area contributed by atoms with E-state index >= 15 is 0 Å². The molecule has 0 aliphatic carbocycles. The fraction of sp³-hybridized carbons (Fsp3) is 0.435. The van der Waals surface area contributed by atoms with Crippen molar-refractivity contribution in [1.29, 1.82) is 0 Å². The van der Waals surface area contributed by atoms with Gasteiger partial charge in [-0.3, -0.25) is 4.79 Å². The molecule has 0 fully saturated rings. The van der Waals surface area contributed by atoms with Gasteiger partial charge in [0.15, 0.2) is 5.78 Å². The Morgan fingerprint density at radius 3 is 2.14 bits per heavy atom. The molecule has 0 saturated carbocycles. The average molecular weight is 437 g/mol. The van der Waals surface area contributed by atoms with E-state index in [0.717, 1.165) is 22.8 Å². The molecular formula is C23H30F2O2SSi. The van der Waals surface area contributed by atoms with Crippen LogP contribution in [-0.2, 0) is 0 Å². The second kappa shape index (κ2) is 9.89. The summed E-state index contributed by atoms with van der Waals surface area (Å²) in [6.07, 6.45) is 0. The summed E-state index contributed by atoms with van der Waals surface area (Å²) in [5, 5.41) is 0. The van der Waals surface area contributed by atoms with Crippen molar-refractivity contribution in [3.8, 4) is 5.75 Å². The Bertz CT molecular complexity index is 831. The number of hydrogen-bond donors (Lipinski definition) is 0. The van der Waals surface area contributed by atoms with Crippen LogP contribution < -0.4 is 4.43 Å². The van der Waals surface area contributed by atoms with Crippen LogP contribution in [0.2, 0.25) is 16.6 Å². The van der Waals surface area contributed by atoms with Gasteiger partial charge >= 0.3 is 0 Å². The zero-order valence-corrected chi connectivity index (χ0v) is 19.8. The fourth-order valence-corrected chi connectivity index (χ4v) is 10.2. The van der Waals surface area contributed by atoms with E-state index in [4.69, 9.17) is 4.43 Å². The highest BCUT2D eigenvalue weighted by molar-refractivity contribution is 8.00. The van der Waals surface area contributed by atoms with Crippen molar-refractivity contribution < 1.29 is 18.0 Å². The number of halogens is 2. The second-order valence-electron chi connectivity index (χ2n) is 8.23. The van der Waals surface area contributed by atoms with Gasteiger partial charge in [-0.1, -0.05) is 47.6 Å². The Kier molecular flexibility index (Phi) is 8.06. The number of benzene rings is 2. The number of ketones is 1. The molecule has 2 aromatic carbocycles. The molecule has 0 aromatic heterocycles. The predicted molar refractivity (Wildman–Crippen MR) is 120 cm³/mol. The molecule has 158 valence electrons. The second-order valence-corrected chi connectivity index (χ2v) is 14.7. The monoisotopic (exact) mass is 436 g/mol. The molecule has 6 heteroatoms. The van der Waals surface area contributed by atoms with E-state index in [1.165, 1.54) is 17.8 Å². The molecule has 2 nitrogen and oxygen atoms in total. The van der Waals surface area contributed by atoms with Crippen LogP contribution >= 0.6 is 11.8 Å². The molecule has 0 saturated heterocycles. The molecule has 2 aromatic rings. The summed E-state index contributed by atoms with van der Waals surface area (Å²) in [6.45, 7) is 13.4. The maximum Gasteiger partial charge on any atom is 0.258 e. The number of hydrogen-bond acceptors (Lipinski definition) is 3. The SMILES string of the molecule is CC(C)[Si](Oc1cccc(SCC(=O)c2ccc(F)cc2F)c1)(C(C)C)C(C)C. The molecule has 0 radical (unpaired) electrons. The lowest BCUT2D eigenvalue weighted by Gasteiger charge is -2.42. The van der Waals surface area contributed by atoms with Crippen molar-refractivity contribution in [3.63, 3.8) is 0 Å². The van der Waals surface area contributed by atoms with Gasteiger partial charge in [0.25, 0.3) is 8.32 Å². The Labute approximate surface area is 178 Å². The molecule has 2 rings (SSSR count). The molecule has 0 spiro atoms. The normalized spacial score (nSPS) is 12.1. The van der Waals surface area contributed by atoms with Crippen molar-refractivity contribution in [2.24, 2.45) is 0 Å². The van der Waals surface area contributed by atoms with Crippen LogP contribution in [0.4, 0.5) is 8.78 Å². The lowest BCUT2D eigenvalue weighted by Crippen LogP contribution is -2.50. The maximum absolute atomic E-state index is 13.8.